The molecule has 0 saturated carbocycles. The van der Waals surface area contributed by atoms with Crippen molar-refractivity contribution >= 4 is 17.9 Å². The average Bonchev–Trinajstić information content (AvgIpc) is 2.83. The van der Waals surface area contributed by atoms with Crippen molar-refractivity contribution in [1.29, 1.82) is 0 Å². The van der Waals surface area contributed by atoms with Gasteiger partial charge in [0.2, 0.25) is 5.91 Å². The Hall–Kier alpha value is -2.99. The van der Waals surface area contributed by atoms with Gasteiger partial charge in [0.15, 0.2) is 0 Å². The van der Waals surface area contributed by atoms with E-state index in [-0.39, 0.29) is 11.8 Å². The lowest BCUT2D eigenvalue weighted by molar-refractivity contribution is -0.116. The Balaban J connectivity index is 1.29. The van der Waals surface area contributed by atoms with Gasteiger partial charge in [-0.05, 0) is 60.6 Å². The molecule has 1 aliphatic rings. The Morgan fingerprint density at radius 3 is 2.74 bits per heavy atom. The second kappa shape index (κ2) is 12.0. The molecule has 3 N–H and O–H groups in total. The van der Waals surface area contributed by atoms with Crippen molar-refractivity contribution in [3.05, 3.63) is 71.6 Å². The van der Waals surface area contributed by atoms with Crippen LogP contribution in [0.15, 0.2) is 54.9 Å². The molecule has 2 amide bonds. The number of rotatable bonds is 9. The summed E-state index contributed by atoms with van der Waals surface area (Å²) in [6.45, 7) is 2.76. The summed E-state index contributed by atoms with van der Waals surface area (Å²) in [5.74, 6) is 0.686. The fourth-order valence-corrected chi connectivity index (χ4v) is 3.91. The molecule has 0 radical (unpaired) electrons. The number of nitrogens with one attached hydrogen (secondary N) is 1. The van der Waals surface area contributed by atoms with Crippen molar-refractivity contribution < 1.29 is 9.59 Å². The molecule has 0 aliphatic carbocycles. The van der Waals surface area contributed by atoms with Crippen molar-refractivity contribution in [1.82, 2.24) is 15.2 Å². The van der Waals surface area contributed by atoms with Gasteiger partial charge in [0.1, 0.15) is 0 Å². The van der Waals surface area contributed by atoms with Crippen LogP contribution in [0.5, 0.6) is 0 Å². The number of aromatic nitrogens is 1. The molecule has 0 bridgehead atoms. The summed E-state index contributed by atoms with van der Waals surface area (Å²) in [7, 11) is 0. The first-order chi connectivity index (χ1) is 15.2. The largest absolute Gasteiger partial charge is 0.353 e. The van der Waals surface area contributed by atoms with Crippen molar-refractivity contribution in [2.45, 2.75) is 38.6 Å². The summed E-state index contributed by atoms with van der Waals surface area (Å²) < 4.78 is 0. The van der Waals surface area contributed by atoms with Crippen molar-refractivity contribution in [2.24, 2.45) is 11.7 Å². The van der Waals surface area contributed by atoms with E-state index in [9.17, 15) is 9.59 Å². The first-order valence-electron chi connectivity index (χ1n) is 11.1. The number of hydrogen-bond acceptors (Lipinski definition) is 4. The van der Waals surface area contributed by atoms with Gasteiger partial charge >= 0.3 is 0 Å². The molecule has 31 heavy (non-hydrogen) atoms. The minimum Gasteiger partial charge on any atom is -0.353 e. The topological polar surface area (TPSA) is 88.3 Å². The Bertz CT molecular complexity index is 874. The molecule has 1 aromatic carbocycles. The molecule has 0 unspecified atom stereocenters. The Kier molecular flexibility index (Phi) is 8.79. The molecular formula is C25H32N4O2. The van der Waals surface area contributed by atoms with Gasteiger partial charge in [-0.25, -0.2) is 0 Å². The zero-order valence-electron chi connectivity index (χ0n) is 18.0. The smallest absolute Gasteiger partial charge is 0.253 e. The van der Waals surface area contributed by atoms with Crippen molar-refractivity contribution in [2.75, 3.05) is 19.6 Å². The maximum absolute atomic E-state index is 12.7. The molecule has 1 fully saturated rings. The second-order valence-electron chi connectivity index (χ2n) is 8.05. The number of piperidine rings is 1. The highest BCUT2D eigenvalue weighted by atomic mass is 16.2. The molecule has 6 nitrogen and oxygen atoms in total. The van der Waals surface area contributed by atoms with E-state index in [1.807, 2.05) is 41.3 Å². The summed E-state index contributed by atoms with van der Waals surface area (Å²) >= 11 is 0. The van der Waals surface area contributed by atoms with Crippen LogP contribution >= 0.6 is 0 Å². The maximum Gasteiger partial charge on any atom is 0.253 e. The Morgan fingerprint density at radius 1 is 1.16 bits per heavy atom. The molecule has 3 rings (SSSR count). The van der Waals surface area contributed by atoms with Gasteiger partial charge < -0.3 is 16.0 Å². The monoisotopic (exact) mass is 420 g/mol. The summed E-state index contributed by atoms with van der Waals surface area (Å²) in [6, 6.07) is 11.4. The molecule has 2 aromatic rings. The second-order valence-corrected chi connectivity index (χ2v) is 8.05. The van der Waals surface area contributed by atoms with Crippen LogP contribution in [0, 0.1) is 5.92 Å². The molecule has 0 spiro atoms. The minimum atomic E-state index is -0.0746. The number of benzene rings is 1. The number of unbranched alkanes of at least 4 members (excludes halogenated alkanes) is 1. The highest BCUT2D eigenvalue weighted by Crippen LogP contribution is 2.23. The van der Waals surface area contributed by atoms with Crippen molar-refractivity contribution in [3.63, 3.8) is 0 Å². The summed E-state index contributed by atoms with van der Waals surface area (Å²) in [6.07, 6.45) is 12.0. The van der Waals surface area contributed by atoms with E-state index in [0.29, 0.717) is 19.0 Å². The summed E-state index contributed by atoms with van der Waals surface area (Å²) in [5.41, 5.74) is 8.31. The lowest BCUT2D eigenvalue weighted by Crippen LogP contribution is -2.38. The van der Waals surface area contributed by atoms with Crippen LogP contribution in [0.25, 0.3) is 6.08 Å². The average molecular weight is 421 g/mol. The number of likely N-dealkylation sites (tertiary alicyclic amines) is 1. The van der Waals surface area contributed by atoms with Crippen LogP contribution in [0.4, 0.5) is 0 Å². The number of carbonyl (C=O) groups excluding carboxylic acids is 2. The van der Waals surface area contributed by atoms with Gasteiger partial charge in [0.05, 0.1) is 0 Å². The van der Waals surface area contributed by atoms with Crippen LogP contribution < -0.4 is 11.1 Å². The Labute approximate surface area is 184 Å². The van der Waals surface area contributed by atoms with Crippen LogP contribution in [-0.2, 0) is 11.3 Å². The first kappa shape index (κ1) is 22.7. The van der Waals surface area contributed by atoms with Crippen LogP contribution in [0.3, 0.4) is 0 Å². The molecule has 1 aromatic heterocycles. The number of amides is 2. The van der Waals surface area contributed by atoms with E-state index < -0.39 is 0 Å². The normalized spacial score (nSPS) is 14.7. The first-order valence-corrected chi connectivity index (χ1v) is 11.1. The summed E-state index contributed by atoms with van der Waals surface area (Å²) in [4.78, 5) is 30.6. The predicted octanol–water partition coefficient (Wildman–Crippen LogP) is 3.39. The highest BCUT2D eigenvalue weighted by Gasteiger charge is 2.23. The van der Waals surface area contributed by atoms with E-state index in [1.165, 1.54) is 0 Å². The van der Waals surface area contributed by atoms with Gasteiger partial charge in [-0.2, -0.15) is 0 Å². The number of hydrogen-bond donors (Lipinski definition) is 2. The predicted molar refractivity (Wildman–Crippen MR) is 123 cm³/mol. The fourth-order valence-electron chi connectivity index (χ4n) is 3.91. The molecule has 6 heteroatoms. The Morgan fingerprint density at radius 2 is 2.00 bits per heavy atom. The quantitative estimate of drug-likeness (QED) is 0.481. The fraction of sp³-hybridized carbons (Fsp3) is 0.400. The van der Waals surface area contributed by atoms with Crippen LogP contribution in [-0.4, -0.2) is 41.3 Å². The number of carbonyl (C=O) groups is 2. The SMILES string of the molecule is NCc1cccc(C(=O)N2CCC(CCCCNC(=O)/C=C/c3cccnc3)CC2)c1. The highest BCUT2D eigenvalue weighted by molar-refractivity contribution is 5.94. The van der Waals surface area contributed by atoms with Gasteiger partial charge in [-0.3, -0.25) is 14.6 Å². The van der Waals surface area contributed by atoms with E-state index >= 15 is 0 Å². The third-order valence-electron chi connectivity index (χ3n) is 5.76. The molecular weight excluding hydrogens is 388 g/mol. The van der Waals surface area contributed by atoms with E-state index in [2.05, 4.69) is 10.3 Å². The van der Waals surface area contributed by atoms with Gasteiger partial charge in [-0.15, -0.1) is 0 Å². The lowest BCUT2D eigenvalue weighted by atomic mass is 9.91. The third-order valence-corrected chi connectivity index (χ3v) is 5.76. The molecule has 164 valence electrons. The molecule has 1 aliphatic heterocycles. The summed E-state index contributed by atoms with van der Waals surface area (Å²) in [5, 5.41) is 2.93. The minimum absolute atomic E-state index is 0.0746. The van der Waals surface area contributed by atoms with Gasteiger partial charge in [0.25, 0.3) is 5.91 Å². The zero-order chi connectivity index (χ0) is 21.9. The molecule has 1 saturated heterocycles. The number of nitrogens with zero attached hydrogens (tertiary/aromatic N) is 2. The van der Waals surface area contributed by atoms with E-state index in [4.69, 9.17) is 5.73 Å². The molecule has 0 atom stereocenters. The van der Waals surface area contributed by atoms with E-state index in [0.717, 1.165) is 61.9 Å². The standard InChI is InChI=1S/C25H32N4O2/c26-18-22-6-3-8-23(17-22)25(31)29-15-11-20(12-16-29)5-1-2-14-28-24(30)10-9-21-7-4-13-27-19-21/h3-4,6-10,13,17,19-20H,1-2,5,11-12,14-16,18,26H2,(H,28,30)/b10-9+. The maximum atomic E-state index is 12.7. The van der Waals surface area contributed by atoms with Gasteiger partial charge in [0, 0.05) is 50.2 Å². The molecule has 2 heterocycles. The number of pyridine rings is 1. The number of nitrogens with two attached hydrogens (primary N) is 1. The zero-order valence-corrected chi connectivity index (χ0v) is 18.0. The van der Waals surface area contributed by atoms with Gasteiger partial charge in [-0.1, -0.05) is 31.0 Å². The van der Waals surface area contributed by atoms with Crippen LogP contribution in [0.1, 0.15) is 53.6 Å². The lowest BCUT2D eigenvalue weighted by Gasteiger charge is -2.32. The van der Waals surface area contributed by atoms with Crippen molar-refractivity contribution in [3.8, 4) is 0 Å². The van der Waals surface area contributed by atoms with E-state index in [1.54, 1.807) is 24.5 Å². The van der Waals surface area contributed by atoms with Crippen LogP contribution in [0.2, 0.25) is 0 Å². The third kappa shape index (κ3) is 7.33.